The summed E-state index contributed by atoms with van der Waals surface area (Å²) < 4.78 is 9.75. The van der Waals surface area contributed by atoms with Gasteiger partial charge in [-0.05, 0) is 36.4 Å². The Hall–Kier alpha value is -3.20. The summed E-state index contributed by atoms with van der Waals surface area (Å²) in [5.41, 5.74) is 2.52. The number of nitro groups is 1. The van der Waals surface area contributed by atoms with Crippen LogP contribution >= 0.6 is 11.6 Å². The molecular formula is C14H10ClN3O6. The molecule has 124 valence electrons. The molecule has 0 aliphatic heterocycles. The minimum Gasteiger partial charge on any atom is -0.429 e. The monoisotopic (exact) mass is 351 g/mol. The summed E-state index contributed by atoms with van der Waals surface area (Å²) >= 11 is 5.78. The standard InChI is InChI=1S/C14H10ClN3O6/c15-10-1-6-13(18(21)22)9(7-10)8-23-14(19)24-12-4-2-11(3-5-12)16-17-20/h1-7H,8H2,(H,16,20). The first-order chi connectivity index (χ1) is 11.5. The zero-order valence-electron chi connectivity index (χ0n) is 12.0. The number of anilines is 1. The molecule has 1 N–H and O–H groups in total. The number of nitrogens with one attached hydrogen (secondary N) is 1. The molecule has 0 aromatic heterocycles. The number of carbonyl (C=O) groups is 1. The van der Waals surface area contributed by atoms with Crippen LogP contribution in [0.3, 0.4) is 0 Å². The van der Waals surface area contributed by atoms with Gasteiger partial charge >= 0.3 is 6.16 Å². The third-order valence-electron chi connectivity index (χ3n) is 2.81. The Kier molecular flexibility index (Phi) is 5.63. The van der Waals surface area contributed by atoms with E-state index in [1.807, 2.05) is 0 Å². The highest BCUT2D eigenvalue weighted by molar-refractivity contribution is 6.30. The highest BCUT2D eigenvalue weighted by Gasteiger charge is 2.16. The molecule has 0 saturated carbocycles. The van der Waals surface area contributed by atoms with Crippen molar-refractivity contribution in [3.63, 3.8) is 0 Å². The van der Waals surface area contributed by atoms with Gasteiger partial charge < -0.3 is 9.47 Å². The molecule has 2 aromatic rings. The number of nitroso groups, excluding NO2 is 1. The van der Waals surface area contributed by atoms with E-state index in [2.05, 4.69) is 10.7 Å². The summed E-state index contributed by atoms with van der Waals surface area (Å²) in [6, 6.07) is 9.68. The highest BCUT2D eigenvalue weighted by Crippen LogP contribution is 2.24. The van der Waals surface area contributed by atoms with E-state index in [1.54, 1.807) is 0 Å². The van der Waals surface area contributed by atoms with Crippen molar-refractivity contribution in [2.24, 2.45) is 5.29 Å². The summed E-state index contributed by atoms with van der Waals surface area (Å²) in [5, 5.41) is 13.7. The van der Waals surface area contributed by atoms with Gasteiger partial charge in [0.2, 0.25) is 0 Å². The lowest BCUT2D eigenvalue weighted by atomic mass is 10.2. The predicted octanol–water partition coefficient (Wildman–Crippen LogP) is 4.06. The molecule has 24 heavy (non-hydrogen) atoms. The van der Waals surface area contributed by atoms with Crippen molar-refractivity contribution in [3.05, 3.63) is 68.1 Å². The van der Waals surface area contributed by atoms with Crippen molar-refractivity contribution in [2.75, 3.05) is 5.43 Å². The van der Waals surface area contributed by atoms with E-state index in [1.165, 1.54) is 42.5 Å². The third kappa shape index (κ3) is 4.65. The van der Waals surface area contributed by atoms with Crippen molar-refractivity contribution in [1.82, 2.24) is 0 Å². The number of carbonyl (C=O) groups excluding carboxylic acids is 1. The van der Waals surface area contributed by atoms with Gasteiger partial charge in [0.25, 0.3) is 5.69 Å². The molecule has 0 atom stereocenters. The quantitative estimate of drug-likeness (QED) is 0.274. The molecule has 0 radical (unpaired) electrons. The number of benzene rings is 2. The topological polar surface area (TPSA) is 120 Å². The molecule has 10 heteroatoms. The smallest absolute Gasteiger partial charge is 0.429 e. The minimum atomic E-state index is -1.04. The maximum Gasteiger partial charge on any atom is 0.514 e. The van der Waals surface area contributed by atoms with Crippen molar-refractivity contribution >= 4 is 29.1 Å². The summed E-state index contributed by atoms with van der Waals surface area (Å²) in [6.45, 7) is -0.371. The molecule has 2 aromatic carbocycles. The number of hydrogen-bond acceptors (Lipinski definition) is 7. The normalized spacial score (nSPS) is 9.88. The molecule has 0 aliphatic carbocycles. The third-order valence-corrected chi connectivity index (χ3v) is 3.05. The molecule has 0 saturated heterocycles. The number of rotatable bonds is 6. The minimum absolute atomic E-state index is 0.140. The SMILES string of the molecule is O=NNc1ccc(OC(=O)OCc2cc(Cl)ccc2[N+](=O)[O-])cc1. The van der Waals surface area contributed by atoms with E-state index in [-0.39, 0.29) is 28.6 Å². The molecule has 0 aliphatic rings. The number of halogens is 1. The Morgan fingerprint density at radius 3 is 2.58 bits per heavy atom. The van der Waals surface area contributed by atoms with Gasteiger partial charge in [-0.1, -0.05) is 11.6 Å². The largest absolute Gasteiger partial charge is 0.514 e. The van der Waals surface area contributed by atoms with Crippen molar-refractivity contribution in [1.29, 1.82) is 0 Å². The second-order valence-corrected chi connectivity index (χ2v) is 4.83. The average molecular weight is 352 g/mol. The fourth-order valence-corrected chi connectivity index (χ4v) is 1.96. The summed E-state index contributed by atoms with van der Waals surface area (Å²) in [5.74, 6) is 0.164. The maximum atomic E-state index is 11.6. The highest BCUT2D eigenvalue weighted by atomic mass is 35.5. The molecule has 0 spiro atoms. The molecular weight excluding hydrogens is 342 g/mol. The van der Waals surface area contributed by atoms with Gasteiger partial charge in [-0.2, -0.15) is 0 Å². The van der Waals surface area contributed by atoms with Gasteiger partial charge in [0, 0.05) is 11.1 Å². The lowest BCUT2D eigenvalue weighted by Gasteiger charge is -2.07. The molecule has 0 unspecified atom stereocenters. The first-order valence-electron chi connectivity index (χ1n) is 6.45. The van der Waals surface area contributed by atoms with Crippen LogP contribution in [0, 0.1) is 15.0 Å². The van der Waals surface area contributed by atoms with Gasteiger partial charge in [-0.3, -0.25) is 10.1 Å². The number of hydrogen-bond donors (Lipinski definition) is 1. The molecule has 0 heterocycles. The van der Waals surface area contributed by atoms with Crippen molar-refractivity contribution in [2.45, 2.75) is 6.61 Å². The Labute approximate surface area is 140 Å². The lowest BCUT2D eigenvalue weighted by molar-refractivity contribution is -0.385. The van der Waals surface area contributed by atoms with Crippen LogP contribution in [-0.2, 0) is 11.3 Å². The van der Waals surface area contributed by atoms with E-state index in [0.717, 1.165) is 0 Å². The van der Waals surface area contributed by atoms with Gasteiger partial charge in [-0.15, -0.1) is 4.91 Å². The second-order valence-electron chi connectivity index (χ2n) is 4.40. The van der Waals surface area contributed by atoms with Crippen LogP contribution in [0.5, 0.6) is 5.75 Å². The predicted molar refractivity (Wildman–Crippen MR) is 84.8 cm³/mol. The van der Waals surface area contributed by atoms with E-state index in [0.29, 0.717) is 5.69 Å². The van der Waals surface area contributed by atoms with Gasteiger partial charge in [-0.25, -0.2) is 10.2 Å². The van der Waals surface area contributed by atoms with Gasteiger partial charge in [0.05, 0.1) is 21.5 Å². The van der Waals surface area contributed by atoms with Crippen LogP contribution in [0.2, 0.25) is 5.02 Å². The number of nitro benzene ring substituents is 1. The van der Waals surface area contributed by atoms with E-state index in [9.17, 15) is 19.8 Å². The Balaban J connectivity index is 1.97. The number of nitrogens with zero attached hydrogens (tertiary/aromatic N) is 2. The van der Waals surface area contributed by atoms with E-state index in [4.69, 9.17) is 21.1 Å². The summed E-state index contributed by atoms with van der Waals surface area (Å²) in [4.78, 5) is 32.0. The molecule has 2 rings (SSSR count). The molecule has 0 amide bonds. The fourth-order valence-electron chi connectivity index (χ4n) is 1.76. The van der Waals surface area contributed by atoms with Crippen LogP contribution in [-0.4, -0.2) is 11.1 Å². The fraction of sp³-hybridized carbons (Fsp3) is 0.0714. The van der Waals surface area contributed by atoms with Gasteiger partial charge in [0.15, 0.2) is 0 Å². The Morgan fingerprint density at radius 1 is 1.25 bits per heavy atom. The zero-order chi connectivity index (χ0) is 17.5. The molecule has 0 fully saturated rings. The van der Waals surface area contributed by atoms with Crippen LogP contribution in [0.25, 0.3) is 0 Å². The second kappa shape index (κ2) is 7.88. The summed E-state index contributed by atoms with van der Waals surface area (Å²) in [7, 11) is 0. The molecule has 9 nitrogen and oxygen atoms in total. The van der Waals surface area contributed by atoms with Crippen molar-refractivity contribution in [3.8, 4) is 5.75 Å². The van der Waals surface area contributed by atoms with Crippen LogP contribution < -0.4 is 10.2 Å². The van der Waals surface area contributed by atoms with Crippen LogP contribution in [0.15, 0.2) is 47.8 Å². The first-order valence-corrected chi connectivity index (χ1v) is 6.83. The van der Waals surface area contributed by atoms with Gasteiger partial charge in [0.1, 0.15) is 12.4 Å². The van der Waals surface area contributed by atoms with Crippen LogP contribution in [0.1, 0.15) is 5.56 Å². The first kappa shape index (κ1) is 17.2. The lowest BCUT2D eigenvalue weighted by Crippen LogP contribution is -2.11. The van der Waals surface area contributed by atoms with Crippen LogP contribution in [0.4, 0.5) is 16.2 Å². The maximum absolute atomic E-state index is 11.6. The Bertz CT molecular complexity index is 766. The van der Waals surface area contributed by atoms with E-state index >= 15 is 0 Å². The Morgan fingerprint density at radius 2 is 1.96 bits per heavy atom. The zero-order valence-corrected chi connectivity index (χ0v) is 12.7. The summed E-state index contributed by atoms with van der Waals surface area (Å²) in [6.07, 6.45) is -1.04. The van der Waals surface area contributed by atoms with Crippen molar-refractivity contribution < 1.29 is 19.2 Å². The average Bonchev–Trinajstić information content (AvgIpc) is 2.55. The number of ether oxygens (including phenoxy) is 2. The van der Waals surface area contributed by atoms with E-state index < -0.39 is 11.1 Å². The molecule has 0 bridgehead atoms.